The molecule has 2 aliphatic carbocycles. The maximum atomic E-state index is 10.3. The van der Waals surface area contributed by atoms with Gasteiger partial charge in [-0.15, -0.1) is 0 Å². The molecule has 0 radical (unpaired) electrons. The van der Waals surface area contributed by atoms with E-state index >= 15 is 0 Å². The van der Waals surface area contributed by atoms with Gasteiger partial charge in [-0.1, -0.05) is 86.4 Å². The van der Waals surface area contributed by atoms with E-state index in [0.29, 0.717) is 12.3 Å². The normalized spacial score (nSPS) is 24.3. The maximum Gasteiger partial charge on any atom is 0.103 e. The van der Waals surface area contributed by atoms with E-state index in [4.69, 9.17) is 0 Å². The van der Waals surface area contributed by atoms with Crippen LogP contribution in [0.3, 0.4) is 0 Å². The van der Waals surface area contributed by atoms with Crippen molar-refractivity contribution in [3.05, 3.63) is 154 Å². The first-order valence-corrected chi connectivity index (χ1v) is 17.3. The lowest BCUT2D eigenvalue weighted by atomic mass is 9.84. The summed E-state index contributed by atoms with van der Waals surface area (Å²) < 4.78 is 0. The molecule has 0 saturated carbocycles. The molecule has 1 saturated heterocycles. The van der Waals surface area contributed by atoms with Crippen LogP contribution < -0.4 is 0 Å². The summed E-state index contributed by atoms with van der Waals surface area (Å²) in [6.07, 6.45) is 21.9. The summed E-state index contributed by atoms with van der Waals surface area (Å²) in [7, 11) is 6.32. The summed E-state index contributed by atoms with van der Waals surface area (Å²) in [5.41, 5.74) is 14.8. The lowest BCUT2D eigenvalue weighted by molar-refractivity contribution is 0.0869. The van der Waals surface area contributed by atoms with Gasteiger partial charge in [0.1, 0.15) is 6.26 Å². The predicted molar refractivity (Wildman–Crippen MR) is 200 cm³/mol. The van der Waals surface area contributed by atoms with Crippen molar-refractivity contribution >= 4 is 0 Å². The Hall–Kier alpha value is -4.02. The van der Waals surface area contributed by atoms with Crippen molar-refractivity contribution in [3.63, 3.8) is 0 Å². The number of aliphatic hydroxyl groups is 1. The van der Waals surface area contributed by atoms with Crippen LogP contribution in [-0.2, 0) is 12.0 Å². The molecule has 248 valence electrons. The average Bonchev–Trinajstić information content (AvgIpc) is 3.50. The van der Waals surface area contributed by atoms with Crippen LogP contribution in [-0.4, -0.2) is 54.0 Å². The highest BCUT2D eigenvalue weighted by Gasteiger charge is 2.39. The number of hydrogen-bond donors (Lipinski definition) is 1. The van der Waals surface area contributed by atoms with Crippen molar-refractivity contribution in [1.29, 1.82) is 0 Å². The van der Waals surface area contributed by atoms with Crippen molar-refractivity contribution in [2.75, 3.05) is 34.2 Å². The molecule has 4 nitrogen and oxygen atoms in total. The summed E-state index contributed by atoms with van der Waals surface area (Å²) in [5, 5.41) is 10.3. The van der Waals surface area contributed by atoms with Gasteiger partial charge < -0.3 is 14.9 Å². The van der Waals surface area contributed by atoms with Crippen molar-refractivity contribution in [3.8, 4) is 0 Å². The second-order valence-electron chi connectivity index (χ2n) is 14.2. The number of piperazine rings is 1. The van der Waals surface area contributed by atoms with E-state index in [2.05, 4.69) is 113 Å². The predicted octanol–water partition coefficient (Wildman–Crippen LogP) is 9.83. The summed E-state index contributed by atoms with van der Waals surface area (Å²) in [4.78, 5) is 6.70. The minimum absolute atomic E-state index is 0.247. The number of nitrogens with zero attached hydrogens (tertiary/aromatic N) is 3. The second-order valence-corrected chi connectivity index (χ2v) is 14.2. The fraction of sp³-hybridized carbons (Fsp3) is 0.395. The Bertz CT molecular complexity index is 1640. The first kappa shape index (κ1) is 34.3. The van der Waals surface area contributed by atoms with Crippen LogP contribution in [0.15, 0.2) is 143 Å². The quantitative estimate of drug-likeness (QED) is 0.206. The largest absolute Gasteiger partial charge is 0.513 e. The zero-order chi connectivity index (χ0) is 33.9. The molecule has 0 aromatic heterocycles. The van der Waals surface area contributed by atoms with Gasteiger partial charge in [0.2, 0.25) is 0 Å². The molecular weight excluding hydrogens is 574 g/mol. The van der Waals surface area contributed by atoms with E-state index in [1.165, 1.54) is 65.4 Å². The van der Waals surface area contributed by atoms with Crippen LogP contribution >= 0.6 is 0 Å². The number of rotatable bonds is 10. The first-order chi connectivity index (χ1) is 22.5. The molecule has 4 aliphatic rings. The molecule has 2 unspecified atom stereocenters. The van der Waals surface area contributed by atoms with Crippen LogP contribution in [0.1, 0.15) is 70.4 Å². The molecule has 0 amide bonds. The highest BCUT2D eigenvalue weighted by molar-refractivity contribution is 5.56. The first-order valence-electron chi connectivity index (χ1n) is 17.3. The summed E-state index contributed by atoms with van der Waals surface area (Å²) in [5.74, 6) is 0.340. The molecule has 2 aliphatic heterocycles. The highest BCUT2D eigenvalue weighted by Crippen LogP contribution is 2.42. The molecular formula is C43H55N3O. The number of allylic oxidation sites excluding steroid dienone is 13. The van der Waals surface area contributed by atoms with Gasteiger partial charge >= 0.3 is 0 Å². The third-order valence-electron chi connectivity index (χ3n) is 11.1. The zero-order valence-electron chi connectivity index (χ0n) is 29.7. The smallest absolute Gasteiger partial charge is 0.103 e. The molecule has 2 heterocycles. The third-order valence-corrected chi connectivity index (χ3v) is 11.1. The molecule has 0 spiro atoms. The minimum Gasteiger partial charge on any atom is -0.513 e. The highest BCUT2D eigenvalue weighted by atomic mass is 16.2. The van der Waals surface area contributed by atoms with Crippen molar-refractivity contribution in [2.24, 2.45) is 5.92 Å². The minimum atomic E-state index is -0.247. The monoisotopic (exact) mass is 629 g/mol. The van der Waals surface area contributed by atoms with E-state index in [-0.39, 0.29) is 5.54 Å². The summed E-state index contributed by atoms with van der Waals surface area (Å²) in [6.45, 7) is 21.8. The number of likely N-dealkylation sites (N-methyl/N-ethyl adjacent to an activating group) is 3. The Kier molecular flexibility index (Phi) is 10.5. The van der Waals surface area contributed by atoms with Gasteiger partial charge in [-0.2, -0.15) is 0 Å². The van der Waals surface area contributed by atoms with Crippen molar-refractivity contribution in [2.45, 2.75) is 71.3 Å². The van der Waals surface area contributed by atoms with Crippen molar-refractivity contribution < 1.29 is 5.11 Å². The number of aliphatic hydroxyl groups excluding tert-OH is 1. The van der Waals surface area contributed by atoms with Crippen LogP contribution in [0.5, 0.6) is 0 Å². The van der Waals surface area contributed by atoms with Crippen molar-refractivity contribution in [1.82, 2.24) is 14.7 Å². The third kappa shape index (κ3) is 6.99. The summed E-state index contributed by atoms with van der Waals surface area (Å²) in [6, 6.07) is 8.93. The van der Waals surface area contributed by atoms with Crippen LogP contribution in [0, 0.1) is 5.92 Å². The molecule has 1 aromatic carbocycles. The van der Waals surface area contributed by atoms with Gasteiger partial charge in [0.05, 0.1) is 11.2 Å². The van der Waals surface area contributed by atoms with Gasteiger partial charge in [0.25, 0.3) is 0 Å². The number of benzene rings is 1. The van der Waals surface area contributed by atoms with E-state index in [0.717, 1.165) is 48.5 Å². The SMILES string of the molecule is C=C/C=C\C(C1=CN(C)C(=CO)C(Cc2ccc(C3(C)C(=C)N(C)CCN3C)cc2)=C1)=C(\C)CC(C)C(=C)C1=CC2=C(CCCC2)C1. The zero-order valence-corrected chi connectivity index (χ0v) is 29.7. The topological polar surface area (TPSA) is 30.0 Å². The van der Waals surface area contributed by atoms with E-state index < -0.39 is 0 Å². The lowest BCUT2D eigenvalue weighted by Gasteiger charge is -2.49. The molecule has 1 N–H and O–H groups in total. The van der Waals surface area contributed by atoms with Gasteiger partial charge in [-0.3, -0.25) is 4.90 Å². The Labute approximate surface area is 284 Å². The van der Waals surface area contributed by atoms with Crippen LogP contribution in [0.2, 0.25) is 0 Å². The maximum absolute atomic E-state index is 10.3. The van der Waals surface area contributed by atoms with Crippen LogP contribution in [0.25, 0.3) is 0 Å². The fourth-order valence-corrected chi connectivity index (χ4v) is 7.79. The molecule has 1 fully saturated rings. The van der Waals surface area contributed by atoms with Gasteiger partial charge in [-0.25, -0.2) is 0 Å². The lowest BCUT2D eigenvalue weighted by Crippen LogP contribution is -2.54. The van der Waals surface area contributed by atoms with E-state index in [1.807, 2.05) is 24.1 Å². The Morgan fingerprint density at radius 2 is 1.79 bits per heavy atom. The standard InChI is InChI=1S/C43H55N3O/c1-10-11-16-41(31(3)23-30(2)32(4)37-25-35-14-12-13-15-36(35)26-37)39-27-38(42(29-47)45(8)28-39)24-34-17-19-40(20-18-34)43(6)33(5)44(7)21-22-46(43)9/h10-11,16-20,25,27-30,47H,1,4-5,12-15,21-24,26H2,2-3,6-9H3/b16-11-,41-31+,42-29?. The average molecular weight is 630 g/mol. The Morgan fingerprint density at radius 3 is 2.47 bits per heavy atom. The molecule has 2 atom stereocenters. The van der Waals surface area contributed by atoms with Gasteiger partial charge in [-0.05, 0) is 122 Å². The van der Waals surface area contributed by atoms with Gasteiger partial charge in [0.15, 0.2) is 0 Å². The Morgan fingerprint density at radius 1 is 1.06 bits per heavy atom. The Balaban J connectivity index is 1.39. The molecule has 4 heteroatoms. The van der Waals surface area contributed by atoms with E-state index in [9.17, 15) is 5.11 Å². The summed E-state index contributed by atoms with van der Waals surface area (Å²) >= 11 is 0. The molecule has 0 bridgehead atoms. The van der Waals surface area contributed by atoms with Gasteiger partial charge in [0, 0.05) is 39.1 Å². The van der Waals surface area contributed by atoms with E-state index in [1.54, 1.807) is 11.1 Å². The second kappa shape index (κ2) is 14.4. The molecule has 5 rings (SSSR count). The molecule has 47 heavy (non-hydrogen) atoms. The number of hydrogen-bond acceptors (Lipinski definition) is 4. The fourth-order valence-electron chi connectivity index (χ4n) is 7.79. The molecule has 1 aromatic rings. The van der Waals surface area contributed by atoms with Crippen LogP contribution in [0.4, 0.5) is 0 Å².